The average Bonchev–Trinajstić information content (AvgIpc) is 3.33. The van der Waals surface area contributed by atoms with Crippen LogP contribution in [0.25, 0.3) is 0 Å². The minimum atomic E-state index is -0.850. The lowest BCUT2D eigenvalue weighted by Gasteiger charge is -2.18. The van der Waals surface area contributed by atoms with Crippen molar-refractivity contribution in [3.05, 3.63) is 146 Å². The Morgan fingerprint density at radius 1 is 0.313 bits per heavy atom. The summed E-state index contributed by atoms with van der Waals surface area (Å²) in [5.74, 6) is -1.11. The van der Waals surface area contributed by atoms with E-state index in [9.17, 15) is 14.4 Å². The molecule has 374 valence electrons. The number of rotatable bonds is 45. The zero-order valence-electron chi connectivity index (χ0n) is 42.6. The van der Waals surface area contributed by atoms with Crippen molar-refractivity contribution < 1.29 is 28.6 Å². The van der Waals surface area contributed by atoms with Gasteiger partial charge in [0, 0.05) is 19.3 Å². The van der Waals surface area contributed by atoms with Gasteiger partial charge in [-0.05, 0) is 135 Å². The second-order valence-corrected chi connectivity index (χ2v) is 16.7. The van der Waals surface area contributed by atoms with Crippen LogP contribution >= 0.6 is 0 Å². The van der Waals surface area contributed by atoms with Crippen LogP contribution in [0.15, 0.2) is 146 Å². The summed E-state index contributed by atoms with van der Waals surface area (Å²) in [7, 11) is 0. The molecule has 0 aliphatic carbocycles. The van der Waals surface area contributed by atoms with Crippen LogP contribution in [0.4, 0.5) is 0 Å². The van der Waals surface area contributed by atoms with Crippen molar-refractivity contribution in [3.8, 4) is 0 Å². The van der Waals surface area contributed by atoms with E-state index in [2.05, 4.69) is 154 Å². The lowest BCUT2D eigenvalue weighted by atomic mass is 10.1. The van der Waals surface area contributed by atoms with E-state index in [1.54, 1.807) is 0 Å². The summed E-state index contributed by atoms with van der Waals surface area (Å²) in [5.41, 5.74) is 0. The average molecular weight is 923 g/mol. The molecule has 6 nitrogen and oxygen atoms in total. The third kappa shape index (κ3) is 52.1. The molecule has 0 aliphatic heterocycles. The number of carbonyl (C=O) groups is 3. The number of hydrogen-bond donors (Lipinski definition) is 0. The van der Waals surface area contributed by atoms with Crippen molar-refractivity contribution in [3.63, 3.8) is 0 Å². The monoisotopic (exact) mass is 923 g/mol. The predicted molar refractivity (Wildman–Crippen MR) is 288 cm³/mol. The second kappa shape index (κ2) is 53.9. The minimum absolute atomic E-state index is 0.143. The molecular weight excluding hydrogens is 829 g/mol. The first-order valence-electron chi connectivity index (χ1n) is 26.3. The first kappa shape index (κ1) is 62.3. The Morgan fingerprint density at radius 2 is 0.597 bits per heavy atom. The Hall–Kier alpha value is -4.71. The molecule has 0 aromatic rings. The molecule has 6 heteroatoms. The highest BCUT2D eigenvalue weighted by atomic mass is 16.6. The van der Waals surface area contributed by atoms with Gasteiger partial charge in [-0.25, -0.2) is 0 Å². The van der Waals surface area contributed by atoms with Crippen molar-refractivity contribution in [1.29, 1.82) is 0 Å². The molecule has 0 radical (unpaired) electrons. The van der Waals surface area contributed by atoms with Gasteiger partial charge in [0.15, 0.2) is 6.10 Å². The van der Waals surface area contributed by atoms with Crippen LogP contribution < -0.4 is 0 Å². The summed E-state index contributed by atoms with van der Waals surface area (Å²) < 4.78 is 16.7. The maximum absolute atomic E-state index is 12.8. The Morgan fingerprint density at radius 3 is 0.940 bits per heavy atom. The van der Waals surface area contributed by atoms with Crippen molar-refractivity contribution in [1.82, 2.24) is 0 Å². The van der Waals surface area contributed by atoms with Crippen molar-refractivity contribution in [2.45, 2.75) is 207 Å². The molecule has 0 saturated heterocycles. The van der Waals surface area contributed by atoms with Crippen LogP contribution in [0.3, 0.4) is 0 Å². The van der Waals surface area contributed by atoms with Gasteiger partial charge in [-0.1, -0.05) is 192 Å². The van der Waals surface area contributed by atoms with Gasteiger partial charge in [0.1, 0.15) is 13.2 Å². The Labute approximate surface area is 410 Å². The van der Waals surface area contributed by atoms with Crippen LogP contribution in [0, 0.1) is 0 Å². The zero-order valence-corrected chi connectivity index (χ0v) is 42.6. The van der Waals surface area contributed by atoms with Crippen LogP contribution in [-0.4, -0.2) is 37.2 Å². The van der Waals surface area contributed by atoms with Crippen molar-refractivity contribution >= 4 is 17.9 Å². The number of allylic oxidation sites excluding steroid dienone is 24. The lowest BCUT2D eigenvalue weighted by molar-refractivity contribution is -0.166. The highest BCUT2D eigenvalue weighted by Gasteiger charge is 2.19. The molecule has 0 spiro atoms. The molecule has 0 aromatic heterocycles. The van der Waals surface area contributed by atoms with Gasteiger partial charge in [-0.3, -0.25) is 14.4 Å². The quantitative estimate of drug-likeness (QED) is 0.0262. The number of hydrogen-bond acceptors (Lipinski definition) is 6. The molecule has 0 amide bonds. The van der Waals surface area contributed by atoms with E-state index in [0.717, 1.165) is 89.9 Å². The van der Waals surface area contributed by atoms with Gasteiger partial charge in [-0.2, -0.15) is 0 Å². The molecule has 0 N–H and O–H groups in total. The summed E-state index contributed by atoms with van der Waals surface area (Å²) in [5, 5.41) is 0. The molecule has 67 heavy (non-hydrogen) atoms. The summed E-state index contributed by atoms with van der Waals surface area (Å²) in [6, 6.07) is 0. The van der Waals surface area contributed by atoms with E-state index >= 15 is 0 Å². The normalized spacial score (nSPS) is 13.3. The molecule has 0 saturated carbocycles. The van der Waals surface area contributed by atoms with Crippen LogP contribution in [0.2, 0.25) is 0 Å². The maximum Gasteiger partial charge on any atom is 0.306 e. The molecule has 0 unspecified atom stereocenters. The Bertz CT molecular complexity index is 1530. The molecule has 0 fully saturated rings. The highest BCUT2D eigenvalue weighted by molar-refractivity contribution is 5.71. The van der Waals surface area contributed by atoms with E-state index in [0.29, 0.717) is 19.3 Å². The summed E-state index contributed by atoms with van der Waals surface area (Å²) >= 11 is 0. The fourth-order valence-corrected chi connectivity index (χ4v) is 6.36. The number of esters is 3. The Balaban J connectivity index is 4.65. The topological polar surface area (TPSA) is 78.9 Å². The van der Waals surface area contributed by atoms with Crippen LogP contribution in [0.5, 0.6) is 0 Å². The summed E-state index contributed by atoms with van der Waals surface area (Å²) in [6.45, 7) is 6.31. The van der Waals surface area contributed by atoms with Crippen LogP contribution in [-0.2, 0) is 28.6 Å². The van der Waals surface area contributed by atoms with Gasteiger partial charge in [0.2, 0.25) is 0 Å². The molecule has 0 bridgehead atoms. The smallest absolute Gasteiger partial charge is 0.306 e. The Kier molecular flexibility index (Phi) is 50.1. The standard InChI is InChI=1S/C61H94O6/c1-4-7-10-13-16-19-22-25-28-29-30-31-34-36-39-42-45-48-51-54-60(63)66-57-58(67-61(64)55-52-49-46-43-40-37-33-27-24-21-18-15-12-9-6-3)56-65-59(62)53-50-47-44-41-38-35-32-26-23-20-17-14-11-8-5-2/h7,10,16-21,25-28,30-33,36,38-41,43,45,48,58H,4-6,8-9,11-15,22-24,29,34-35,37,42,44,46-47,49-57H2,1-3H3/b10-7-,19-16-,20-17-,21-18-,28-25-,31-30-,32-26-,33-27-,39-36-,41-38-,43-40-,48-45-/t58-/m1/s1. The first-order chi connectivity index (χ1) is 33.0. The molecular formula is C61H94O6. The number of ether oxygens (including phenoxy) is 3. The molecule has 1 atom stereocenters. The van der Waals surface area contributed by atoms with Gasteiger partial charge < -0.3 is 14.2 Å². The molecule has 0 aromatic carbocycles. The predicted octanol–water partition coefficient (Wildman–Crippen LogP) is 17.6. The van der Waals surface area contributed by atoms with E-state index in [1.807, 2.05) is 12.2 Å². The van der Waals surface area contributed by atoms with Gasteiger partial charge in [0.25, 0.3) is 0 Å². The number of carbonyl (C=O) groups excluding carboxylic acids is 3. The molecule has 0 rings (SSSR count). The highest BCUT2D eigenvalue weighted by Crippen LogP contribution is 2.10. The third-order valence-electron chi connectivity index (χ3n) is 10.3. The van der Waals surface area contributed by atoms with E-state index in [4.69, 9.17) is 14.2 Å². The lowest BCUT2D eigenvalue weighted by Crippen LogP contribution is -2.30. The van der Waals surface area contributed by atoms with E-state index in [1.165, 1.54) is 51.4 Å². The largest absolute Gasteiger partial charge is 0.462 e. The number of unbranched alkanes of at least 4 members (excludes halogenated alkanes) is 10. The van der Waals surface area contributed by atoms with E-state index < -0.39 is 6.10 Å². The third-order valence-corrected chi connectivity index (χ3v) is 10.3. The first-order valence-corrected chi connectivity index (χ1v) is 26.3. The van der Waals surface area contributed by atoms with Gasteiger partial charge >= 0.3 is 17.9 Å². The minimum Gasteiger partial charge on any atom is -0.462 e. The fourth-order valence-electron chi connectivity index (χ4n) is 6.36. The maximum atomic E-state index is 12.8. The van der Waals surface area contributed by atoms with Gasteiger partial charge in [-0.15, -0.1) is 0 Å². The van der Waals surface area contributed by atoms with Gasteiger partial charge in [0.05, 0.1) is 0 Å². The summed E-state index contributed by atoms with van der Waals surface area (Å²) in [6.07, 6.45) is 77.0. The SMILES string of the molecule is CC/C=C\C/C=C\C/C=C\C/C=C\C/C=C\C/C=C\CCC(=O)OC[C@@H](COC(=O)CCCC/C=C\C/C=C\C/C=C\CCCCC)OC(=O)CCCC/C=C\C/C=C\C/C=C\CCCCC. The van der Waals surface area contributed by atoms with Crippen LogP contribution in [0.1, 0.15) is 201 Å². The fraction of sp³-hybridized carbons (Fsp3) is 0.557. The molecule has 0 aliphatic rings. The molecule has 0 heterocycles. The second-order valence-electron chi connectivity index (χ2n) is 16.7. The van der Waals surface area contributed by atoms with Crippen molar-refractivity contribution in [2.75, 3.05) is 13.2 Å². The van der Waals surface area contributed by atoms with E-state index in [-0.39, 0.29) is 50.4 Å². The summed E-state index contributed by atoms with van der Waals surface area (Å²) in [4.78, 5) is 38.0. The van der Waals surface area contributed by atoms with Crippen molar-refractivity contribution in [2.24, 2.45) is 0 Å². The zero-order chi connectivity index (χ0) is 48.6.